The summed E-state index contributed by atoms with van der Waals surface area (Å²) in [5.74, 6) is 2.75. The zero-order valence-corrected chi connectivity index (χ0v) is 14.4. The highest BCUT2D eigenvalue weighted by Gasteiger charge is 2.58. The number of rotatable bonds is 1. The summed E-state index contributed by atoms with van der Waals surface area (Å²) in [4.78, 5) is 12.4. The van der Waals surface area contributed by atoms with Crippen molar-refractivity contribution in [3.63, 3.8) is 0 Å². The Morgan fingerprint density at radius 1 is 1.09 bits per heavy atom. The standard InChI is InChI=1S/C20H30O2/c1-19-10-8-14(22-3)12-13(19)4-5-15-16-6-7-18(21)20(16,2)11-9-17(15)19/h4,14-17H,5-12H2,1-3H3/t14-,15-,16-,17+,19-,20+/m0/s1. The summed E-state index contributed by atoms with van der Waals surface area (Å²) in [5, 5.41) is 0. The molecule has 0 heterocycles. The number of hydrogen-bond donors (Lipinski definition) is 0. The molecule has 0 amide bonds. The molecule has 4 rings (SSSR count). The molecule has 0 radical (unpaired) electrons. The number of carbonyl (C=O) groups is 1. The van der Waals surface area contributed by atoms with Crippen LogP contribution in [0.1, 0.15) is 65.2 Å². The van der Waals surface area contributed by atoms with E-state index in [0.29, 0.717) is 23.2 Å². The van der Waals surface area contributed by atoms with E-state index in [4.69, 9.17) is 4.74 Å². The maximum absolute atomic E-state index is 12.4. The van der Waals surface area contributed by atoms with Crippen LogP contribution in [0.3, 0.4) is 0 Å². The van der Waals surface area contributed by atoms with Crippen LogP contribution in [0.5, 0.6) is 0 Å². The fourth-order valence-electron chi connectivity index (χ4n) is 6.60. The van der Waals surface area contributed by atoms with E-state index in [-0.39, 0.29) is 5.41 Å². The third-order valence-corrected chi connectivity index (χ3v) is 8.10. The van der Waals surface area contributed by atoms with E-state index in [1.54, 1.807) is 5.57 Å². The fourth-order valence-corrected chi connectivity index (χ4v) is 6.60. The Bertz CT molecular complexity index is 522. The second kappa shape index (κ2) is 4.93. The number of ketones is 1. The number of methoxy groups -OCH3 is 1. The van der Waals surface area contributed by atoms with Crippen LogP contribution in [0, 0.1) is 28.6 Å². The van der Waals surface area contributed by atoms with Gasteiger partial charge in [-0.15, -0.1) is 0 Å². The number of ether oxygens (including phenoxy) is 1. The van der Waals surface area contributed by atoms with Crippen LogP contribution in [-0.2, 0) is 9.53 Å². The Morgan fingerprint density at radius 2 is 1.82 bits per heavy atom. The largest absolute Gasteiger partial charge is 0.381 e. The number of Topliss-reactive ketones (excluding diaryl/α,β-unsaturated/α-hetero) is 1. The van der Waals surface area contributed by atoms with E-state index in [9.17, 15) is 4.79 Å². The molecule has 0 aromatic heterocycles. The lowest BCUT2D eigenvalue weighted by Gasteiger charge is -2.57. The molecule has 0 aromatic carbocycles. The summed E-state index contributed by atoms with van der Waals surface area (Å²) >= 11 is 0. The van der Waals surface area contributed by atoms with Crippen LogP contribution in [0.25, 0.3) is 0 Å². The van der Waals surface area contributed by atoms with Gasteiger partial charge in [0.05, 0.1) is 6.10 Å². The van der Waals surface area contributed by atoms with Gasteiger partial charge in [-0.2, -0.15) is 0 Å². The van der Waals surface area contributed by atoms with Gasteiger partial charge in [-0.1, -0.05) is 25.5 Å². The molecule has 0 spiro atoms. The first-order valence-electron chi connectivity index (χ1n) is 9.24. The SMILES string of the molecule is CO[C@H]1CC[C@@]2(C)C(=CC[C@@H]3[C@H]2CC[C@@]2(C)C(=O)CC[C@@H]32)C1. The highest BCUT2D eigenvalue weighted by Crippen LogP contribution is 2.64. The van der Waals surface area contributed by atoms with Crippen molar-refractivity contribution >= 4 is 5.78 Å². The summed E-state index contributed by atoms with van der Waals surface area (Å²) in [6, 6.07) is 0. The first-order chi connectivity index (χ1) is 10.5. The van der Waals surface area contributed by atoms with Crippen LogP contribution >= 0.6 is 0 Å². The van der Waals surface area contributed by atoms with E-state index in [0.717, 1.165) is 37.5 Å². The van der Waals surface area contributed by atoms with Crippen LogP contribution in [0.15, 0.2) is 11.6 Å². The normalized spacial score (nSPS) is 50.9. The minimum Gasteiger partial charge on any atom is -0.381 e. The Balaban J connectivity index is 1.66. The summed E-state index contributed by atoms with van der Waals surface area (Å²) in [6.07, 6.45) is 12.2. The van der Waals surface area contributed by atoms with Gasteiger partial charge < -0.3 is 4.74 Å². The zero-order valence-electron chi connectivity index (χ0n) is 14.4. The van der Waals surface area contributed by atoms with Crippen LogP contribution in [0.4, 0.5) is 0 Å². The van der Waals surface area contributed by atoms with Gasteiger partial charge in [0.25, 0.3) is 0 Å². The number of hydrogen-bond acceptors (Lipinski definition) is 2. The van der Waals surface area contributed by atoms with Gasteiger partial charge in [0, 0.05) is 18.9 Å². The lowest BCUT2D eigenvalue weighted by atomic mass is 9.48. The molecule has 3 fully saturated rings. The molecule has 0 bridgehead atoms. The van der Waals surface area contributed by atoms with Crippen molar-refractivity contribution < 1.29 is 9.53 Å². The molecule has 6 atom stereocenters. The summed E-state index contributed by atoms with van der Waals surface area (Å²) in [5.41, 5.74) is 2.05. The van der Waals surface area contributed by atoms with Crippen molar-refractivity contribution in [1.29, 1.82) is 0 Å². The molecule has 0 aliphatic heterocycles. The molecular formula is C20H30O2. The molecule has 2 heteroatoms. The molecule has 0 N–H and O–H groups in total. The van der Waals surface area contributed by atoms with Crippen molar-refractivity contribution in [1.82, 2.24) is 0 Å². The molecule has 4 aliphatic carbocycles. The van der Waals surface area contributed by atoms with Crippen LogP contribution in [0.2, 0.25) is 0 Å². The highest BCUT2D eigenvalue weighted by atomic mass is 16.5. The van der Waals surface area contributed by atoms with Crippen LogP contribution < -0.4 is 0 Å². The van der Waals surface area contributed by atoms with E-state index in [1.807, 2.05) is 7.11 Å². The van der Waals surface area contributed by atoms with Gasteiger partial charge in [0.1, 0.15) is 5.78 Å². The predicted molar refractivity (Wildman–Crippen MR) is 87.5 cm³/mol. The lowest BCUT2D eigenvalue weighted by Crippen LogP contribution is -2.50. The molecule has 122 valence electrons. The van der Waals surface area contributed by atoms with Gasteiger partial charge in [-0.05, 0) is 68.1 Å². The lowest BCUT2D eigenvalue weighted by molar-refractivity contribution is -0.132. The van der Waals surface area contributed by atoms with Gasteiger partial charge in [0.2, 0.25) is 0 Å². The highest BCUT2D eigenvalue weighted by molar-refractivity contribution is 5.87. The van der Waals surface area contributed by atoms with Crippen molar-refractivity contribution in [2.75, 3.05) is 7.11 Å². The summed E-state index contributed by atoms with van der Waals surface area (Å²) in [7, 11) is 1.86. The Labute approximate surface area is 134 Å². The molecule has 2 nitrogen and oxygen atoms in total. The molecule has 0 saturated heterocycles. The molecule has 0 aromatic rings. The topological polar surface area (TPSA) is 26.3 Å². The number of carbonyl (C=O) groups excluding carboxylic acids is 1. The molecule has 3 saturated carbocycles. The molecule has 22 heavy (non-hydrogen) atoms. The summed E-state index contributed by atoms with van der Waals surface area (Å²) in [6.45, 7) is 4.79. The zero-order chi connectivity index (χ0) is 15.5. The van der Waals surface area contributed by atoms with Crippen molar-refractivity contribution in [3.8, 4) is 0 Å². The van der Waals surface area contributed by atoms with Crippen molar-refractivity contribution in [2.24, 2.45) is 28.6 Å². The average Bonchev–Trinajstić information content (AvgIpc) is 2.82. The quantitative estimate of drug-likeness (QED) is 0.665. The van der Waals surface area contributed by atoms with Gasteiger partial charge in [0.15, 0.2) is 0 Å². The minimum atomic E-state index is 0.00655. The summed E-state index contributed by atoms with van der Waals surface area (Å²) < 4.78 is 5.64. The second-order valence-electron chi connectivity index (χ2n) is 8.78. The van der Waals surface area contributed by atoms with Gasteiger partial charge >= 0.3 is 0 Å². The Kier molecular flexibility index (Phi) is 3.35. The average molecular weight is 302 g/mol. The third kappa shape index (κ3) is 1.85. The second-order valence-corrected chi connectivity index (χ2v) is 8.78. The smallest absolute Gasteiger partial charge is 0.139 e. The number of fused-ring (bicyclic) bond motifs is 5. The predicted octanol–water partition coefficient (Wildman–Crippen LogP) is 4.53. The van der Waals surface area contributed by atoms with Gasteiger partial charge in [-0.3, -0.25) is 4.79 Å². The van der Waals surface area contributed by atoms with Crippen molar-refractivity contribution in [3.05, 3.63) is 11.6 Å². The Morgan fingerprint density at radius 3 is 2.59 bits per heavy atom. The Hall–Kier alpha value is -0.630. The fraction of sp³-hybridized carbons (Fsp3) is 0.850. The van der Waals surface area contributed by atoms with E-state index in [1.165, 1.54) is 25.7 Å². The minimum absolute atomic E-state index is 0.00655. The third-order valence-electron chi connectivity index (χ3n) is 8.10. The number of allylic oxidation sites excluding steroid dienone is 1. The molecular weight excluding hydrogens is 272 g/mol. The van der Waals surface area contributed by atoms with E-state index < -0.39 is 0 Å². The maximum Gasteiger partial charge on any atom is 0.139 e. The van der Waals surface area contributed by atoms with Crippen LogP contribution in [-0.4, -0.2) is 19.0 Å². The monoisotopic (exact) mass is 302 g/mol. The molecule has 4 aliphatic rings. The van der Waals surface area contributed by atoms with Gasteiger partial charge in [-0.25, -0.2) is 0 Å². The maximum atomic E-state index is 12.4. The first-order valence-corrected chi connectivity index (χ1v) is 9.24. The first kappa shape index (κ1) is 14.9. The van der Waals surface area contributed by atoms with Crippen molar-refractivity contribution in [2.45, 2.75) is 71.3 Å². The van der Waals surface area contributed by atoms with E-state index in [2.05, 4.69) is 19.9 Å². The molecule has 0 unspecified atom stereocenters. The van der Waals surface area contributed by atoms with E-state index >= 15 is 0 Å².